The van der Waals surface area contributed by atoms with Crippen LogP contribution in [0.3, 0.4) is 0 Å². The van der Waals surface area contributed by atoms with Crippen LogP contribution in [0.25, 0.3) is 0 Å². The maximum atomic E-state index is 12.3. The fourth-order valence-corrected chi connectivity index (χ4v) is 3.27. The molecule has 1 N–H and O–H groups in total. The fourth-order valence-electron chi connectivity index (χ4n) is 2.88. The molecule has 0 radical (unpaired) electrons. The Hall–Kier alpha value is -2.44. The topological polar surface area (TPSA) is 69.3 Å². The molecule has 0 atom stereocenters. The van der Waals surface area contributed by atoms with E-state index in [0.29, 0.717) is 47.1 Å². The van der Waals surface area contributed by atoms with Crippen LogP contribution in [0.4, 0.5) is 0 Å². The Kier molecular flexibility index (Phi) is 7.45. The Bertz CT molecular complexity index is 994. The quantitative estimate of drug-likeness (QED) is 0.430. The lowest BCUT2D eigenvalue weighted by Gasteiger charge is -2.08. The van der Waals surface area contributed by atoms with E-state index in [2.05, 4.69) is 24.3 Å². The highest BCUT2D eigenvalue weighted by atomic mass is 35.5. The van der Waals surface area contributed by atoms with Gasteiger partial charge in [-0.15, -0.1) is 0 Å². The molecule has 1 aromatic carbocycles. The van der Waals surface area contributed by atoms with Crippen molar-refractivity contribution >= 4 is 29.1 Å². The van der Waals surface area contributed by atoms with E-state index in [-0.39, 0.29) is 18.3 Å². The van der Waals surface area contributed by atoms with Gasteiger partial charge in [-0.1, -0.05) is 49.2 Å². The zero-order valence-electron chi connectivity index (χ0n) is 17.2. The summed E-state index contributed by atoms with van der Waals surface area (Å²) < 4.78 is 12.9. The standard InChI is InChI=1S/C22H25Cl2N3O3/c1-14(2)16-5-7-17(8-6-16)29-13-18-9-10-19(30-18)22(28)25-11-4-12-27-21(24)20(23)15(3)26-27/h5-10,14H,4,11-13H2,1-3H3,(H,25,28). The third kappa shape index (κ3) is 5.58. The van der Waals surface area contributed by atoms with Gasteiger partial charge in [0.1, 0.15) is 28.3 Å². The molecular weight excluding hydrogens is 425 g/mol. The summed E-state index contributed by atoms with van der Waals surface area (Å²) in [4.78, 5) is 12.3. The second kappa shape index (κ2) is 10.0. The molecule has 160 valence electrons. The van der Waals surface area contributed by atoms with Gasteiger partial charge in [0.05, 0.1) is 5.69 Å². The predicted octanol–water partition coefficient (Wildman–Crippen LogP) is 5.61. The van der Waals surface area contributed by atoms with E-state index in [1.54, 1.807) is 23.7 Å². The van der Waals surface area contributed by atoms with Crippen LogP contribution in [-0.2, 0) is 13.2 Å². The van der Waals surface area contributed by atoms with E-state index in [4.69, 9.17) is 32.4 Å². The predicted molar refractivity (Wildman–Crippen MR) is 118 cm³/mol. The summed E-state index contributed by atoms with van der Waals surface area (Å²) in [6.45, 7) is 7.36. The van der Waals surface area contributed by atoms with Gasteiger partial charge in [0.2, 0.25) is 0 Å². The third-order valence-corrected chi connectivity index (χ3v) is 5.57. The summed E-state index contributed by atoms with van der Waals surface area (Å²) in [6.07, 6.45) is 0.659. The highest BCUT2D eigenvalue weighted by Crippen LogP contribution is 2.25. The van der Waals surface area contributed by atoms with Crippen LogP contribution in [0.5, 0.6) is 5.75 Å². The Balaban J connectivity index is 1.43. The molecule has 0 spiro atoms. The summed E-state index contributed by atoms with van der Waals surface area (Å²) in [5.41, 5.74) is 1.94. The van der Waals surface area contributed by atoms with Crippen molar-refractivity contribution in [1.29, 1.82) is 0 Å². The number of aromatic nitrogens is 2. The van der Waals surface area contributed by atoms with Gasteiger partial charge >= 0.3 is 0 Å². The highest BCUT2D eigenvalue weighted by Gasteiger charge is 2.13. The van der Waals surface area contributed by atoms with E-state index in [1.807, 2.05) is 24.3 Å². The number of furan rings is 1. The van der Waals surface area contributed by atoms with Crippen LogP contribution in [0.2, 0.25) is 10.2 Å². The zero-order valence-corrected chi connectivity index (χ0v) is 18.8. The minimum absolute atomic E-state index is 0.250. The van der Waals surface area contributed by atoms with Gasteiger partial charge in [-0.05, 0) is 49.1 Å². The van der Waals surface area contributed by atoms with Crippen LogP contribution in [-0.4, -0.2) is 22.2 Å². The fraction of sp³-hybridized carbons (Fsp3) is 0.364. The van der Waals surface area contributed by atoms with Crippen molar-refractivity contribution in [1.82, 2.24) is 15.1 Å². The first-order chi connectivity index (χ1) is 14.3. The van der Waals surface area contributed by atoms with Crippen LogP contribution in [0.15, 0.2) is 40.8 Å². The van der Waals surface area contributed by atoms with Crippen molar-refractivity contribution in [3.05, 3.63) is 69.4 Å². The Labute approximate surface area is 186 Å². The molecule has 2 heterocycles. The summed E-state index contributed by atoms with van der Waals surface area (Å²) in [7, 11) is 0. The first-order valence-corrected chi connectivity index (χ1v) is 10.6. The van der Waals surface area contributed by atoms with Gasteiger partial charge < -0.3 is 14.5 Å². The number of amides is 1. The molecule has 30 heavy (non-hydrogen) atoms. The highest BCUT2D eigenvalue weighted by molar-refractivity contribution is 6.41. The molecule has 6 nitrogen and oxygen atoms in total. The number of rotatable bonds is 9. The summed E-state index contributed by atoms with van der Waals surface area (Å²) in [5, 5.41) is 7.95. The van der Waals surface area contributed by atoms with E-state index < -0.39 is 0 Å². The third-order valence-electron chi connectivity index (χ3n) is 4.64. The van der Waals surface area contributed by atoms with Crippen molar-refractivity contribution in [2.75, 3.05) is 6.54 Å². The van der Waals surface area contributed by atoms with Gasteiger partial charge in [-0.2, -0.15) is 5.10 Å². The van der Waals surface area contributed by atoms with Crippen LogP contribution < -0.4 is 10.1 Å². The normalized spacial score (nSPS) is 11.1. The molecule has 3 aromatic rings. The minimum atomic E-state index is -0.275. The van der Waals surface area contributed by atoms with Crippen molar-refractivity contribution < 1.29 is 13.9 Å². The smallest absolute Gasteiger partial charge is 0.286 e. The maximum Gasteiger partial charge on any atom is 0.286 e. The SMILES string of the molecule is Cc1nn(CCCNC(=O)c2ccc(COc3ccc(C(C)C)cc3)o2)c(Cl)c1Cl. The second-order valence-electron chi connectivity index (χ2n) is 7.30. The summed E-state index contributed by atoms with van der Waals surface area (Å²) in [6, 6.07) is 11.4. The number of ether oxygens (including phenoxy) is 1. The molecular formula is C22H25Cl2N3O3. The summed E-state index contributed by atoms with van der Waals surface area (Å²) in [5.74, 6) is 1.79. The van der Waals surface area contributed by atoms with E-state index in [0.717, 1.165) is 5.75 Å². The first-order valence-electron chi connectivity index (χ1n) is 9.83. The Morgan fingerprint density at radius 1 is 1.20 bits per heavy atom. The molecule has 0 aliphatic carbocycles. The molecule has 1 amide bonds. The molecule has 0 bridgehead atoms. The lowest BCUT2D eigenvalue weighted by Crippen LogP contribution is -2.25. The van der Waals surface area contributed by atoms with E-state index in [9.17, 15) is 4.79 Å². The van der Waals surface area contributed by atoms with Crippen molar-refractivity contribution in [2.24, 2.45) is 0 Å². The first kappa shape index (κ1) is 22.2. The van der Waals surface area contributed by atoms with Crippen molar-refractivity contribution in [3.8, 4) is 5.75 Å². The monoisotopic (exact) mass is 449 g/mol. The molecule has 0 aliphatic rings. The number of carbonyl (C=O) groups is 1. The molecule has 0 aliphatic heterocycles. The van der Waals surface area contributed by atoms with E-state index in [1.165, 1.54) is 5.56 Å². The van der Waals surface area contributed by atoms with E-state index >= 15 is 0 Å². The van der Waals surface area contributed by atoms with Gasteiger partial charge in [-0.3, -0.25) is 9.48 Å². The average Bonchev–Trinajstić information content (AvgIpc) is 3.30. The number of hydrogen-bond donors (Lipinski definition) is 1. The van der Waals surface area contributed by atoms with Gasteiger partial charge in [-0.25, -0.2) is 0 Å². The zero-order chi connectivity index (χ0) is 21.7. The minimum Gasteiger partial charge on any atom is -0.486 e. The van der Waals surface area contributed by atoms with Crippen LogP contribution in [0, 0.1) is 6.92 Å². The lowest BCUT2D eigenvalue weighted by atomic mass is 10.0. The van der Waals surface area contributed by atoms with Crippen molar-refractivity contribution in [2.45, 2.75) is 46.3 Å². The number of halogens is 2. The molecule has 0 fully saturated rings. The Morgan fingerprint density at radius 2 is 1.93 bits per heavy atom. The number of carbonyl (C=O) groups excluding carboxylic acids is 1. The lowest BCUT2D eigenvalue weighted by molar-refractivity contribution is 0.0921. The van der Waals surface area contributed by atoms with Crippen LogP contribution in [0.1, 0.15) is 53.8 Å². The van der Waals surface area contributed by atoms with Gasteiger partial charge in [0, 0.05) is 13.1 Å². The van der Waals surface area contributed by atoms with Crippen LogP contribution >= 0.6 is 23.2 Å². The molecule has 0 unspecified atom stereocenters. The molecule has 0 saturated heterocycles. The Morgan fingerprint density at radius 3 is 2.57 bits per heavy atom. The molecule has 8 heteroatoms. The number of aryl methyl sites for hydroxylation is 2. The number of nitrogens with zero attached hydrogens (tertiary/aromatic N) is 2. The summed E-state index contributed by atoms with van der Waals surface area (Å²) >= 11 is 12.1. The van der Waals surface area contributed by atoms with Gasteiger partial charge in [0.25, 0.3) is 5.91 Å². The average molecular weight is 450 g/mol. The number of benzene rings is 1. The second-order valence-corrected chi connectivity index (χ2v) is 8.04. The molecule has 2 aromatic heterocycles. The number of nitrogens with one attached hydrogen (secondary N) is 1. The molecule has 3 rings (SSSR count). The van der Waals surface area contributed by atoms with Gasteiger partial charge in [0.15, 0.2) is 5.76 Å². The molecule has 0 saturated carbocycles. The number of hydrogen-bond acceptors (Lipinski definition) is 4. The largest absolute Gasteiger partial charge is 0.486 e. The maximum absolute atomic E-state index is 12.3. The van der Waals surface area contributed by atoms with Crippen molar-refractivity contribution in [3.63, 3.8) is 0 Å².